The van der Waals surface area contributed by atoms with Crippen LogP contribution in [0.4, 0.5) is 0 Å². The number of aryl methyl sites for hydroxylation is 1. The molecule has 0 amide bonds. The number of hydrogen-bond acceptors (Lipinski definition) is 3. The van der Waals surface area contributed by atoms with Crippen molar-refractivity contribution in [3.63, 3.8) is 0 Å². The van der Waals surface area contributed by atoms with Crippen LogP contribution in [0.5, 0.6) is 0 Å². The molecule has 102 valence electrons. The predicted octanol–water partition coefficient (Wildman–Crippen LogP) is 2.12. The van der Waals surface area contributed by atoms with Crippen molar-refractivity contribution in [3.8, 4) is 0 Å². The Kier molecular flexibility index (Phi) is 4.40. The first-order valence-corrected chi connectivity index (χ1v) is 7.02. The average molecular weight is 251 g/mol. The lowest BCUT2D eigenvalue weighted by Gasteiger charge is -2.33. The van der Waals surface area contributed by atoms with Crippen molar-refractivity contribution in [2.45, 2.75) is 63.6 Å². The monoisotopic (exact) mass is 251 g/mol. The van der Waals surface area contributed by atoms with Crippen molar-refractivity contribution in [2.75, 3.05) is 7.11 Å². The first-order valence-electron chi connectivity index (χ1n) is 7.02. The maximum absolute atomic E-state index is 6.40. The largest absolute Gasteiger partial charge is 0.377 e. The molecule has 1 heterocycles. The zero-order chi connectivity index (χ0) is 13.0. The van der Waals surface area contributed by atoms with E-state index in [1.165, 1.54) is 12.8 Å². The smallest absolute Gasteiger partial charge is 0.110 e. The summed E-state index contributed by atoms with van der Waals surface area (Å²) in [5.41, 5.74) is 6.28. The van der Waals surface area contributed by atoms with Crippen molar-refractivity contribution in [1.29, 1.82) is 0 Å². The second-order valence-corrected chi connectivity index (χ2v) is 5.32. The van der Waals surface area contributed by atoms with E-state index < -0.39 is 0 Å². The topological polar surface area (TPSA) is 53.1 Å². The van der Waals surface area contributed by atoms with Gasteiger partial charge in [-0.3, -0.25) is 0 Å². The summed E-state index contributed by atoms with van der Waals surface area (Å²) in [6.07, 6.45) is 10.5. The molecule has 1 aromatic rings. The van der Waals surface area contributed by atoms with E-state index in [1.807, 2.05) is 12.4 Å². The van der Waals surface area contributed by atoms with Crippen molar-refractivity contribution in [1.82, 2.24) is 9.55 Å². The fourth-order valence-corrected chi connectivity index (χ4v) is 3.06. The predicted molar refractivity (Wildman–Crippen MR) is 72.4 cm³/mol. The van der Waals surface area contributed by atoms with Gasteiger partial charge in [-0.05, 0) is 19.3 Å². The van der Waals surface area contributed by atoms with Crippen LogP contribution in [0, 0.1) is 0 Å². The van der Waals surface area contributed by atoms with Gasteiger partial charge in [0.25, 0.3) is 0 Å². The molecule has 1 saturated carbocycles. The third kappa shape index (κ3) is 2.59. The van der Waals surface area contributed by atoms with E-state index in [0.29, 0.717) is 0 Å². The summed E-state index contributed by atoms with van der Waals surface area (Å²) in [7, 11) is 1.80. The van der Waals surface area contributed by atoms with Crippen molar-refractivity contribution in [3.05, 3.63) is 18.2 Å². The highest BCUT2D eigenvalue weighted by atomic mass is 16.5. The third-order valence-corrected chi connectivity index (χ3v) is 4.20. The summed E-state index contributed by atoms with van der Waals surface area (Å²) < 4.78 is 7.95. The fraction of sp³-hybridized carbons (Fsp3) is 0.786. The number of aromatic nitrogens is 2. The molecule has 1 atom stereocenters. The number of rotatable bonds is 6. The molecule has 0 radical (unpaired) electrons. The normalized spacial score (nSPS) is 20.2. The average Bonchev–Trinajstić information content (AvgIpc) is 3.00. The van der Waals surface area contributed by atoms with Crippen LogP contribution in [0.1, 0.15) is 44.9 Å². The standard InChI is InChI=1S/C14H25N3O/c1-3-9-17-10-8-16-13(17)11-12(15)14(18-2)6-4-5-7-14/h8,10,12H,3-7,9,11,15H2,1-2H3. The molecular weight excluding hydrogens is 226 g/mol. The van der Waals surface area contributed by atoms with Crippen LogP contribution in [0.3, 0.4) is 0 Å². The van der Waals surface area contributed by atoms with Crippen LogP contribution in [-0.2, 0) is 17.7 Å². The van der Waals surface area contributed by atoms with Gasteiger partial charge in [-0.15, -0.1) is 0 Å². The second-order valence-electron chi connectivity index (χ2n) is 5.32. The van der Waals surface area contributed by atoms with E-state index in [0.717, 1.165) is 38.1 Å². The molecule has 1 aliphatic carbocycles. The molecule has 1 unspecified atom stereocenters. The molecule has 0 saturated heterocycles. The maximum Gasteiger partial charge on any atom is 0.110 e. The Balaban J connectivity index is 2.05. The Morgan fingerprint density at radius 2 is 2.22 bits per heavy atom. The van der Waals surface area contributed by atoms with Crippen LogP contribution in [-0.4, -0.2) is 28.3 Å². The molecule has 0 aromatic carbocycles. The van der Waals surface area contributed by atoms with E-state index in [4.69, 9.17) is 10.5 Å². The molecule has 0 aliphatic heterocycles. The lowest BCUT2D eigenvalue weighted by Crippen LogP contribution is -2.49. The molecular formula is C14H25N3O. The second kappa shape index (κ2) is 5.85. The SMILES string of the molecule is CCCn1ccnc1CC(N)C1(OC)CCCC1. The van der Waals surface area contributed by atoms with Gasteiger partial charge in [-0.1, -0.05) is 19.8 Å². The van der Waals surface area contributed by atoms with Crippen LogP contribution < -0.4 is 5.73 Å². The quantitative estimate of drug-likeness (QED) is 0.842. The van der Waals surface area contributed by atoms with Gasteiger partial charge < -0.3 is 15.0 Å². The zero-order valence-corrected chi connectivity index (χ0v) is 11.6. The summed E-state index contributed by atoms with van der Waals surface area (Å²) in [5, 5.41) is 0. The Morgan fingerprint density at radius 1 is 1.50 bits per heavy atom. The van der Waals surface area contributed by atoms with Crippen molar-refractivity contribution in [2.24, 2.45) is 5.73 Å². The van der Waals surface area contributed by atoms with Gasteiger partial charge in [0, 0.05) is 38.5 Å². The van der Waals surface area contributed by atoms with Gasteiger partial charge in [-0.25, -0.2) is 4.98 Å². The van der Waals surface area contributed by atoms with Gasteiger partial charge in [0.15, 0.2) is 0 Å². The molecule has 2 N–H and O–H groups in total. The lowest BCUT2D eigenvalue weighted by molar-refractivity contribution is -0.0259. The lowest BCUT2D eigenvalue weighted by atomic mass is 9.90. The molecule has 1 fully saturated rings. The zero-order valence-electron chi connectivity index (χ0n) is 11.6. The first-order chi connectivity index (χ1) is 8.72. The fourth-order valence-electron chi connectivity index (χ4n) is 3.06. The molecule has 1 aliphatic rings. The molecule has 1 aromatic heterocycles. The highest BCUT2D eigenvalue weighted by Crippen LogP contribution is 2.35. The highest BCUT2D eigenvalue weighted by Gasteiger charge is 2.40. The number of ether oxygens (including phenoxy) is 1. The number of nitrogens with two attached hydrogens (primary N) is 1. The molecule has 18 heavy (non-hydrogen) atoms. The van der Waals surface area contributed by atoms with Crippen LogP contribution >= 0.6 is 0 Å². The summed E-state index contributed by atoms with van der Waals surface area (Å²) in [5.74, 6) is 1.09. The molecule has 4 heteroatoms. The Bertz CT molecular complexity index is 369. The maximum atomic E-state index is 6.40. The van der Waals surface area contributed by atoms with E-state index >= 15 is 0 Å². The molecule has 0 spiro atoms. The van der Waals surface area contributed by atoms with E-state index in [9.17, 15) is 0 Å². The van der Waals surface area contributed by atoms with E-state index in [-0.39, 0.29) is 11.6 Å². The minimum Gasteiger partial charge on any atom is -0.377 e. The van der Waals surface area contributed by atoms with Crippen molar-refractivity contribution >= 4 is 0 Å². The first kappa shape index (κ1) is 13.6. The molecule has 4 nitrogen and oxygen atoms in total. The van der Waals surface area contributed by atoms with Crippen LogP contribution in [0.15, 0.2) is 12.4 Å². The third-order valence-electron chi connectivity index (χ3n) is 4.20. The van der Waals surface area contributed by atoms with Gasteiger partial charge in [0.2, 0.25) is 0 Å². The highest BCUT2D eigenvalue weighted by molar-refractivity contribution is 5.03. The molecule has 2 rings (SSSR count). The number of nitrogens with zero attached hydrogens (tertiary/aromatic N) is 2. The Morgan fingerprint density at radius 3 is 2.83 bits per heavy atom. The van der Waals surface area contributed by atoms with Gasteiger partial charge in [-0.2, -0.15) is 0 Å². The van der Waals surface area contributed by atoms with Crippen LogP contribution in [0.2, 0.25) is 0 Å². The Hall–Kier alpha value is -0.870. The van der Waals surface area contributed by atoms with E-state index in [2.05, 4.69) is 16.5 Å². The Labute approximate surface area is 110 Å². The molecule has 0 bridgehead atoms. The van der Waals surface area contributed by atoms with Gasteiger partial charge in [0.05, 0.1) is 5.60 Å². The van der Waals surface area contributed by atoms with E-state index in [1.54, 1.807) is 7.11 Å². The summed E-state index contributed by atoms with van der Waals surface area (Å²) in [6, 6.07) is 0.0445. The number of imidazole rings is 1. The summed E-state index contributed by atoms with van der Waals surface area (Å²) >= 11 is 0. The number of methoxy groups -OCH3 is 1. The van der Waals surface area contributed by atoms with Gasteiger partial charge in [0.1, 0.15) is 5.82 Å². The van der Waals surface area contributed by atoms with Gasteiger partial charge >= 0.3 is 0 Å². The summed E-state index contributed by atoms with van der Waals surface area (Å²) in [4.78, 5) is 4.44. The summed E-state index contributed by atoms with van der Waals surface area (Å²) in [6.45, 7) is 3.19. The van der Waals surface area contributed by atoms with Crippen LogP contribution in [0.25, 0.3) is 0 Å². The minimum atomic E-state index is -0.122. The number of hydrogen-bond donors (Lipinski definition) is 1. The minimum absolute atomic E-state index is 0.0445. The van der Waals surface area contributed by atoms with Crippen molar-refractivity contribution < 1.29 is 4.74 Å².